The zero-order valence-corrected chi connectivity index (χ0v) is 12.3. The van der Waals surface area contributed by atoms with Gasteiger partial charge in [-0.05, 0) is 43.4 Å². The lowest BCUT2D eigenvalue weighted by atomic mass is 10.3. The first-order valence-corrected chi connectivity index (χ1v) is 6.63. The van der Waals surface area contributed by atoms with E-state index in [2.05, 4.69) is 15.7 Å². The van der Waals surface area contributed by atoms with Crippen molar-refractivity contribution in [3.63, 3.8) is 0 Å². The van der Waals surface area contributed by atoms with Crippen LogP contribution in [0, 0.1) is 6.92 Å². The number of aromatic nitrogens is 2. The summed E-state index contributed by atoms with van der Waals surface area (Å²) in [6, 6.07) is 9.45. The smallest absolute Gasteiger partial charge is 0.171 e. The SMILES string of the molecule is Cc1cc(CNC(=S)Nc2cccc(Cl)c2)n(C)n1. The number of aryl methyl sites for hydroxylation is 2. The van der Waals surface area contributed by atoms with Crippen LogP contribution in [0.3, 0.4) is 0 Å². The van der Waals surface area contributed by atoms with Gasteiger partial charge < -0.3 is 10.6 Å². The number of rotatable bonds is 3. The summed E-state index contributed by atoms with van der Waals surface area (Å²) in [5, 5.41) is 11.7. The fourth-order valence-electron chi connectivity index (χ4n) is 1.74. The molecule has 0 radical (unpaired) electrons. The van der Waals surface area contributed by atoms with Crippen LogP contribution in [-0.4, -0.2) is 14.9 Å². The van der Waals surface area contributed by atoms with Gasteiger partial charge in [0.15, 0.2) is 5.11 Å². The third kappa shape index (κ3) is 3.94. The monoisotopic (exact) mass is 294 g/mol. The molecule has 0 atom stereocenters. The molecule has 0 saturated heterocycles. The predicted molar refractivity (Wildman–Crippen MR) is 82.5 cm³/mol. The molecule has 6 heteroatoms. The quantitative estimate of drug-likeness (QED) is 0.854. The zero-order valence-electron chi connectivity index (χ0n) is 10.8. The van der Waals surface area contributed by atoms with Crippen LogP contribution in [0.5, 0.6) is 0 Å². The van der Waals surface area contributed by atoms with Crippen LogP contribution in [0.25, 0.3) is 0 Å². The summed E-state index contributed by atoms with van der Waals surface area (Å²) in [5.74, 6) is 0. The van der Waals surface area contributed by atoms with Crippen molar-refractivity contribution in [3.8, 4) is 0 Å². The zero-order chi connectivity index (χ0) is 13.8. The maximum absolute atomic E-state index is 5.91. The highest BCUT2D eigenvalue weighted by molar-refractivity contribution is 7.80. The van der Waals surface area contributed by atoms with E-state index >= 15 is 0 Å². The van der Waals surface area contributed by atoms with Crippen LogP contribution in [0.1, 0.15) is 11.4 Å². The van der Waals surface area contributed by atoms with E-state index in [1.54, 1.807) is 0 Å². The van der Waals surface area contributed by atoms with Gasteiger partial charge in [0.1, 0.15) is 0 Å². The molecular weight excluding hydrogens is 280 g/mol. The molecular formula is C13H15ClN4S. The highest BCUT2D eigenvalue weighted by atomic mass is 35.5. The lowest BCUT2D eigenvalue weighted by molar-refractivity contribution is 0.689. The van der Waals surface area contributed by atoms with E-state index in [-0.39, 0.29) is 0 Å². The molecule has 1 aromatic carbocycles. The maximum atomic E-state index is 5.91. The van der Waals surface area contributed by atoms with Gasteiger partial charge in [-0.2, -0.15) is 5.10 Å². The van der Waals surface area contributed by atoms with Gasteiger partial charge in [0.25, 0.3) is 0 Å². The number of hydrogen-bond acceptors (Lipinski definition) is 2. The molecule has 2 N–H and O–H groups in total. The van der Waals surface area contributed by atoms with Crippen molar-refractivity contribution in [1.29, 1.82) is 0 Å². The van der Waals surface area contributed by atoms with Crippen LogP contribution in [0.15, 0.2) is 30.3 Å². The van der Waals surface area contributed by atoms with E-state index in [4.69, 9.17) is 23.8 Å². The van der Waals surface area contributed by atoms with Crippen molar-refractivity contribution in [2.24, 2.45) is 7.05 Å². The van der Waals surface area contributed by atoms with Gasteiger partial charge in [-0.3, -0.25) is 4.68 Å². The Bertz CT molecular complexity index is 594. The number of nitrogens with one attached hydrogen (secondary N) is 2. The van der Waals surface area contributed by atoms with E-state index in [1.165, 1.54) is 0 Å². The average Bonchev–Trinajstić information content (AvgIpc) is 2.65. The number of nitrogens with zero attached hydrogens (tertiary/aromatic N) is 2. The molecule has 1 heterocycles. The molecule has 0 aliphatic carbocycles. The molecule has 0 aliphatic rings. The fraction of sp³-hybridized carbons (Fsp3) is 0.231. The second-order valence-electron chi connectivity index (χ2n) is 4.22. The lowest BCUT2D eigenvalue weighted by Gasteiger charge is -2.10. The minimum atomic E-state index is 0.557. The Morgan fingerprint density at radius 1 is 1.42 bits per heavy atom. The first-order chi connectivity index (χ1) is 9.04. The summed E-state index contributed by atoms with van der Waals surface area (Å²) in [6.07, 6.45) is 0. The van der Waals surface area contributed by atoms with Gasteiger partial charge in [0, 0.05) is 17.8 Å². The minimum Gasteiger partial charge on any atom is -0.357 e. The molecule has 0 fully saturated rings. The van der Waals surface area contributed by atoms with Gasteiger partial charge in [-0.1, -0.05) is 17.7 Å². The molecule has 0 amide bonds. The Balaban J connectivity index is 1.90. The minimum absolute atomic E-state index is 0.557. The average molecular weight is 295 g/mol. The molecule has 4 nitrogen and oxygen atoms in total. The van der Waals surface area contributed by atoms with Crippen LogP contribution in [0.4, 0.5) is 5.69 Å². The second-order valence-corrected chi connectivity index (χ2v) is 5.06. The normalized spacial score (nSPS) is 10.3. The molecule has 2 aromatic rings. The summed E-state index contributed by atoms with van der Waals surface area (Å²) < 4.78 is 1.84. The Kier molecular flexibility index (Phi) is 4.39. The van der Waals surface area contributed by atoms with Crippen molar-refractivity contribution in [2.75, 3.05) is 5.32 Å². The molecule has 0 bridgehead atoms. The lowest BCUT2D eigenvalue weighted by Crippen LogP contribution is -2.28. The molecule has 0 unspecified atom stereocenters. The number of halogens is 1. The topological polar surface area (TPSA) is 41.9 Å². The van der Waals surface area contributed by atoms with E-state index in [1.807, 2.05) is 49.0 Å². The van der Waals surface area contributed by atoms with Gasteiger partial charge in [-0.15, -0.1) is 0 Å². The van der Waals surface area contributed by atoms with Crippen molar-refractivity contribution in [2.45, 2.75) is 13.5 Å². The Hall–Kier alpha value is -1.59. The van der Waals surface area contributed by atoms with E-state index in [9.17, 15) is 0 Å². The van der Waals surface area contributed by atoms with Gasteiger partial charge >= 0.3 is 0 Å². The number of thiocarbonyl (C=S) groups is 1. The fourth-order valence-corrected chi connectivity index (χ4v) is 2.12. The van der Waals surface area contributed by atoms with Gasteiger partial charge in [0.05, 0.1) is 17.9 Å². The summed E-state index contributed by atoms with van der Waals surface area (Å²) in [5.41, 5.74) is 2.94. The molecule has 0 saturated carbocycles. The summed E-state index contributed by atoms with van der Waals surface area (Å²) in [6.45, 7) is 2.59. The Morgan fingerprint density at radius 2 is 2.21 bits per heavy atom. The van der Waals surface area contributed by atoms with Crippen molar-refractivity contribution in [3.05, 3.63) is 46.7 Å². The van der Waals surface area contributed by atoms with Crippen molar-refractivity contribution >= 4 is 34.6 Å². The van der Waals surface area contributed by atoms with Crippen LogP contribution < -0.4 is 10.6 Å². The third-order valence-corrected chi connectivity index (χ3v) is 3.09. The van der Waals surface area contributed by atoms with Gasteiger partial charge in [-0.25, -0.2) is 0 Å². The van der Waals surface area contributed by atoms with E-state index < -0.39 is 0 Å². The van der Waals surface area contributed by atoms with Crippen LogP contribution in [0.2, 0.25) is 5.02 Å². The first-order valence-electron chi connectivity index (χ1n) is 5.84. The van der Waals surface area contributed by atoms with E-state index in [0.717, 1.165) is 17.1 Å². The highest BCUT2D eigenvalue weighted by Crippen LogP contribution is 2.14. The second kappa shape index (κ2) is 6.04. The third-order valence-electron chi connectivity index (χ3n) is 2.61. The number of anilines is 1. The molecule has 0 aliphatic heterocycles. The maximum Gasteiger partial charge on any atom is 0.171 e. The molecule has 0 spiro atoms. The molecule has 19 heavy (non-hydrogen) atoms. The Morgan fingerprint density at radius 3 is 2.84 bits per heavy atom. The van der Waals surface area contributed by atoms with Crippen LogP contribution >= 0.6 is 23.8 Å². The summed E-state index contributed by atoms with van der Waals surface area (Å²) in [4.78, 5) is 0. The van der Waals surface area contributed by atoms with E-state index in [0.29, 0.717) is 16.7 Å². The summed E-state index contributed by atoms with van der Waals surface area (Å²) in [7, 11) is 1.91. The van der Waals surface area contributed by atoms with Gasteiger partial charge in [0.2, 0.25) is 0 Å². The highest BCUT2D eigenvalue weighted by Gasteiger charge is 2.03. The molecule has 1 aromatic heterocycles. The molecule has 100 valence electrons. The standard InChI is InChI=1S/C13H15ClN4S/c1-9-6-12(18(2)17-9)8-15-13(19)16-11-5-3-4-10(14)7-11/h3-7H,8H2,1-2H3,(H2,15,16,19). The van der Waals surface area contributed by atoms with Crippen molar-refractivity contribution in [1.82, 2.24) is 15.1 Å². The first kappa shape index (κ1) is 13.8. The number of benzene rings is 1. The Labute approximate surface area is 122 Å². The predicted octanol–water partition coefficient (Wildman–Crippen LogP) is 2.87. The number of hydrogen-bond donors (Lipinski definition) is 2. The van der Waals surface area contributed by atoms with Crippen LogP contribution in [-0.2, 0) is 13.6 Å². The largest absolute Gasteiger partial charge is 0.357 e. The van der Waals surface area contributed by atoms with Crippen molar-refractivity contribution < 1.29 is 0 Å². The summed E-state index contributed by atoms with van der Waals surface area (Å²) >= 11 is 11.1. The molecule has 2 rings (SSSR count).